The number of ether oxygens (including phenoxy) is 1. The van der Waals surface area contributed by atoms with Gasteiger partial charge >= 0.3 is 5.97 Å². The van der Waals surface area contributed by atoms with E-state index in [1.54, 1.807) is 36.9 Å². The number of carbonyl (C=O) groups excluding carboxylic acids is 2. The van der Waals surface area contributed by atoms with Gasteiger partial charge in [0.1, 0.15) is 17.4 Å². The molecular weight excluding hydrogens is 732 g/mol. The number of aryl methyl sites for hydroxylation is 1. The molecular formula is C41H46BrF2N3O5. The number of carboxylic acid groups (broad SMARTS) is 1. The second kappa shape index (κ2) is 16.3. The monoisotopic (exact) mass is 777 g/mol. The molecule has 2 atom stereocenters. The first-order valence-corrected chi connectivity index (χ1v) is 18.9. The van der Waals surface area contributed by atoms with E-state index >= 15 is 0 Å². The van der Waals surface area contributed by atoms with Crippen LogP contribution in [0.3, 0.4) is 0 Å². The molecule has 1 saturated carbocycles. The highest BCUT2D eigenvalue weighted by atomic mass is 79.9. The number of aliphatic carboxylic acids is 1. The number of hydrogen-bond acceptors (Lipinski definition) is 5. The van der Waals surface area contributed by atoms with Crippen molar-refractivity contribution in [3.8, 4) is 5.75 Å². The highest BCUT2D eigenvalue weighted by Gasteiger charge is 2.43. The van der Waals surface area contributed by atoms with E-state index in [4.69, 9.17) is 4.74 Å². The molecule has 11 heteroatoms. The minimum atomic E-state index is -1.01. The van der Waals surface area contributed by atoms with Crippen LogP contribution in [0.1, 0.15) is 69.1 Å². The Bertz CT molecular complexity index is 1810. The molecule has 2 bridgehead atoms. The third-order valence-electron chi connectivity index (χ3n) is 10.4. The Balaban J connectivity index is 1.21. The Labute approximate surface area is 312 Å². The standard InChI is InChI=1S/C41H46BrF2N3O5/c1-41(2,40(50)51)19-17-37(48)46-24-31-23-33(28-9-5-26(6-10-28)4-3-21-52-36-22-30(44)13-16-34(36)42)38(35(25-46)45-31)39(49)47(32-14-15-32)20-18-27-7-11-29(43)12-8-27/h5-13,16,22,31-32,35,45H,3-4,14-15,17-21,23-25H2,1-2H3,(H,50,51)/t31-,35-/m1/s1. The van der Waals surface area contributed by atoms with Gasteiger partial charge in [-0.25, -0.2) is 8.78 Å². The predicted molar refractivity (Wildman–Crippen MR) is 199 cm³/mol. The lowest BCUT2D eigenvalue weighted by Crippen LogP contribution is -2.62. The number of carboxylic acids is 1. The highest BCUT2D eigenvalue weighted by molar-refractivity contribution is 9.10. The number of piperazine rings is 1. The van der Waals surface area contributed by atoms with Gasteiger partial charge in [-0.2, -0.15) is 0 Å². The topological polar surface area (TPSA) is 99.2 Å². The van der Waals surface area contributed by atoms with Crippen LogP contribution < -0.4 is 10.1 Å². The van der Waals surface area contributed by atoms with Gasteiger partial charge in [0.25, 0.3) is 5.91 Å². The lowest BCUT2D eigenvalue weighted by molar-refractivity contribution is -0.148. The smallest absolute Gasteiger partial charge is 0.309 e. The second-order valence-electron chi connectivity index (χ2n) is 14.8. The van der Waals surface area contributed by atoms with Crippen molar-refractivity contribution in [1.82, 2.24) is 15.1 Å². The van der Waals surface area contributed by atoms with E-state index in [0.29, 0.717) is 54.9 Å². The molecule has 2 amide bonds. The van der Waals surface area contributed by atoms with E-state index in [1.165, 1.54) is 24.3 Å². The summed E-state index contributed by atoms with van der Waals surface area (Å²) in [6.45, 7) is 4.99. The van der Waals surface area contributed by atoms with Crippen molar-refractivity contribution in [1.29, 1.82) is 0 Å². The first-order valence-electron chi connectivity index (χ1n) is 18.1. The molecule has 1 saturated heterocycles. The van der Waals surface area contributed by atoms with Crippen LogP contribution in [0.4, 0.5) is 8.78 Å². The van der Waals surface area contributed by atoms with Crippen molar-refractivity contribution in [3.05, 3.63) is 105 Å². The third-order valence-corrected chi connectivity index (χ3v) is 11.1. The lowest BCUT2D eigenvalue weighted by Gasteiger charge is -2.45. The summed E-state index contributed by atoms with van der Waals surface area (Å²) in [7, 11) is 0. The molecule has 0 unspecified atom stereocenters. The normalized spacial score (nSPS) is 18.7. The maximum atomic E-state index is 14.7. The van der Waals surface area contributed by atoms with Crippen molar-refractivity contribution in [2.45, 2.75) is 83.3 Å². The zero-order valence-electron chi connectivity index (χ0n) is 29.7. The summed E-state index contributed by atoms with van der Waals surface area (Å²) in [4.78, 5) is 43.6. The van der Waals surface area contributed by atoms with E-state index in [9.17, 15) is 28.3 Å². The second-order valence-corrected chi connectivity index (χ2v) is 15.7. The number of halogens is 3. The van der Waals surface area contributed by atoms with Crippen molar-refractivity contribution >= 4 is 39.3 Å². The minimum Gasteiger partial charge on any atom is -0.492 e. The van der Waals surface area contributed by atoms with Gasteiger partial charge in [-0.05, 0) is 121 Å². The SMILES string of the molecule is CC(C)(CCC(=O)N1C[C@H]2CC(c3ccc(CCCOc4cc(F)ccc4Br)cc3)=C(C(=O)N(CCc3ccc(F)cc3)C3CC3)[C@@H](C1)N2)C(=O)O. The van der Waals surface area contributed by atoms with E-state index in [2.05, 4.69) is 45.5 Å². The van der Waals surface area contributed by atoms with Crippen LogP contribution in [0.2, 0.25) is 0 Å². The van der Waals surface area contributed by atoms with Gasteiger partial charge in [-0.3, -0.25) is 14.4 Å². The van der Waals surface area contributed by atoms with E-state index in [-0.39, 0.29) is 54.4 Å². The molecule has 2 N–H and O–H groups in total. The van der Waals surface area contributed by atoms with Crippen molar-refractivity contribution in [2.24, 2.45) is 5.41 Å². The number of nitrogens with zero attached hydrogens (tertiary/aromatic N) is 2. The largest absolute Gasteiger partial charge is 0.492 e. The Morgan fingerprint density at radius 1 is 0.962 bits per heavy atom. The van der Waals surface area contributed by atoms with Crippen LogP contribution in [0.5, 0.6) is 5.75 Å². The van der Waals surface area contributed by atoms with Gasteiger partial charge in [0, 0.05) is 49.8 Å². The molecule has 1 aliphatic carbocycles. The van der Waals surface area contributed by atoms with E-state index in [0.717, 1.165) is 47.9 Å². The Morgan fingerprint density at radius 3 is 2.33 bits per heavy atom. The molecule has 276 valence electrons. The number of benzene rings is 3. The lowest BCUT2D eigenvalue weighted by atomic mass is 9.82. The number of amides is 2. The zero-order valence-corrected chi connectivity index (χ0v) is 31.3. The van der Waals surface area contributed by atoms with Gasteiger partial charge in [-0.1, -0.05) is 36.4 Å². The summed E-state index contributed by atoms with van der Waals surface area (Å²) in [5.74, 6) is -1.25. The van der Waals surface area contributed by atoms with E-state index in [1.807, 2.05) is 4.90 Å². The summed E-state index contributed by atoms with van der Waals surface area (Å²) < 4.78 is 33.7. The van der Waals surface area contributed by atoms with Crippen LogP contribution in [-0.2, 0) is 27.2 Å². The molecule has 2 fully saturated rings. The van der Waals surface area contributed by atoms with Crippen LogP contribution in [0, 0.1) is 17.0 Å². The number of fused-ring (bicyclic) bond motifs is 2. The molecule has 0 aromatic heterocycles. The van der Waals surface area contributed by atoms with Crippen LogP contribution >= 0.6 is 15.9 Å². The first-order chi connectivity index (χ1) is 24.9. The molecule has 2 heterocycles. The van der Waals surface area contributed by atoms with Crippen molar-refractivity contribution in [2.75, 3.05) is 26.2 Å². The zero-order chi connectivity index (χ0) is 37.0. The van der Waals surface area contributed by atoms with Crippen molar-refractivity contribution in [3.63, 3.8) is 0 Å². The maximum absolute atomic E-state index is 14.7. The van der Waals surface area contributed by atoms with E-state index < -0.39 is 11.4 Å². The van der Waals surface area contributed by atoms with Gasteiger partial charge in [-0.15, -0.1) is 0 Å². The summed E-state index contributed by atoms with van der Waals surface area (Å²) in [6, 6.07) is 18.7. The molecule has 6 rings (SSSR count). The third kappa shape index (κ3) is 9.28. The molecule has 52 heavy (non-hydrogen) atoms. The molecule has 3 aromatic carbocycles. The fourth-order valence-electron chi connectivity index (χ4n) is 7.07. The molecule has 0 spiro atoms. The molecule has 3 aliphatic rings. The fraction of sp³-hybridized carbons (Fsp3) is 0.439. The van der Waals surface area contributed by atoms with Gasteiger partial charge in [0.05, 0.1) is 22.5 Å². The summed E-state index contributed by atoms with van der Waals surface area (Å²) in [5.41, 5.74) is 3.69. The summed E-state index contributed by atoms with van der Waals surface area (Å²) in [5, 5.41) is 13.2. The van der Waals surface area contributed by atoms with Gasteiger partial charge in [0.15, 0.2) is 0 Å². The number of hydrogen-bond donors (Lipinski definition) is 2. The average Bonchev–Trinajstić information content (AvgIpc) is 3.96. The Morgan fingerprint density at radius 2 is 1.63 bits per heavy atom. The molecule has 3 aromatic rings. The quantitative estimate of drug-likeness (QED) is 0.159. The summed E-state index contributed by atoms with van der Waals surface area (Å²) in [6.07, 6.45) is 4.87. The van der Waals surface area contributed by atoms with Crippen LogP contribution in [-0.4, -0.2) is 77.1 Å². The minimum absolute atomic E-state index is 0.0402. The van der Waals surface area contributed by atoms with Gasteiger partial charge < -0.3 is 25.0 Å². The highest BCUT2D eigenvalue weighted by Crippen LogP contribution is 2.37. The Hall–Kier alpha value is -4.09. The molecule has 2 aliphatic heterocycles. The number of rotatable bonds is 15. The van der Waals surface area contributed by atoms with Crippen molar-refractivity contribution < 1.29 is 33.0 Å². The molecule has 8 nitrogen and oxygen atoms in total. The molecule has 0 radical (unpaired) electrons. The maximum Gasteiger partial charge on any atom is 0.309 e. The predicted octanol–water partition coefficient (Wildman–Crippen LogP) is 7.19. The average molecular weight is 779 g/mol. The Kier molecular flexibility index (Phi) is 11.8. The fourth-order valence-corrected chi connectivity index (χ4v) is 7.43. The van der Waals surface area contributed by atoms with Gasteiger partial charge in [0.2, 0.25) is 5.91 Å². The number of nitrogens with one attached hydrogen (secondary N) is 1. The van der Waals surface area contributed by atoms with Crippen LogP contribution in [0.25, 0.3) is 5.57 Å². The summed E-state index contributed by atoms with van der Waals surface area (Å²) >= 11 is 3.40. The number of carbonyl (C=O) groups is 3. The first kappa shape index (κ1) is 37.7. The van der Waals surface area contributed by atoms with Crippen LogP contribution in [0.15, 0.2) is 76.8 Å².